The lowest BCUT2D eigenvalue weighted by Crippen LogP contribution is -2.17. The fourth-order valence-corrected chi connectivity index (χ4v) is 2.84. The van der Waals surface area contributed by atoms with Crippen LogP contribution in [-0.2, 0) is 0 Å². The zero-order valence-corrected chi connectivity index (χ0v) is 11.1. The second-order valence-corrected chi connectivity index (χ2v) is 5.50. The van der Waals surface area contributed by atoms with Gasteiger partial charge in [0.2, 0.25) is 0 Å². The maximum Gasteiger partial charge on any atom is 0.140 e. The molecule has 88 valence electrons. The number of nitrogens with two attached hydrogens (primary N) is 1. The number of nitrogen functional groups attached to an aromatic ring is 1. The maximum atomic E-state index is 5.65. The number of pyridine rings is 1. The molecule has 2 rings (SSSR count). The van der Waals surface area contributed by atoms with Crippen molar-refractivity contribution in [2.45, 2.75) is 26.2 Å². The van der Waals surface area contributed by atoms with Gasteiger partial charge in [0.25, 0.3) is 0 Å². The molecule has 1 aromatic heterocycles. The average molecular weight is 284 g/mol. The van der Waals surface area contributed by atoms with E-state index >= 15 is 0 Å². The molecule has 0 amide bonds. The molecule has 3 N–H and O–H groups in total. The Hall–Kier alpha value is -0.770. The molecule has 0 aromatic carbocycles. The van der Waals surface area contributed by atoms with E-state index in [4.69, 9.17) is 5.73 Å². The van der Waals surface area contributed by atoms with Crippen molar-refractivity contribution >= 4 is 27.4 Å². The SMILES string of the molecule is CC1CCCC1CNc1ncc(N)cc1Br. The van der Waals surface area contributed by atoms with E-state index in [0.717, 1.165) is 28.7 Å². The standard InChI is InChI=1S/C12H18BrN3/c1-8-3-2-4-9(8)6-15-12-11(13)5-10(14)7-16-12/h5,7-9H,2-4,6,14H2,1H3,(H,15,16). The third-order valence-electron chi connectivity index (χ3n) is 3.43. The molecule has 16 heavy (non-hydrogen) atoms. The predicted octanol–water partition coefficient (Wildman–Crippen LogP) is 3.27. The van der Waals surface area contributed by atoms with E-state index in [1.54, 1.807) is 6.20 Å². The van der Waals surface area contributed by atoms with Gasteiger partial charge < -0.3 is 11.1 Å². The van der Waals surface area contributed by atoms with Gasteiger partial charge in [0, 0.05) is 6.54 Å². The smallest absolute Gasteiger partial charge is 0.140 e. The number of nitrogens with one attached hydrogen (secondary N) is 1. The van der Waals surface area contributed by atoms with Crippen LogP contribution in [0.1, 0.15) is 26.2 Å². The summed E-state index contributed by atoms with van der Waals surface area (Å²) in [6.07, 6.45) is 5.75. The van der Waals surface area contributed by atoms with Crippen LogP contribution in [0.2, 0.25) is 0 Å². The van der Waals surface area contributed by atoms with Crippen molar-refractivity contribution in [3.8, 4) is 0 Å². The number of aromatic nitrogens is 1. The lowest BCUT2D eigenvalue weighted by Gasteiger charge is -2.16. The second-order valence-electron chi connectivity index (χ2n) is 4.65. The highest BCUT2D eigenvalue weighted by Gasteiger charge is 2.23. The van der Waals surface area contributed by atoms with E-state index in [1.807, 2.05) is 6.07 Å². The van der Waals surface area contributed by atoms with Crippen LogP contribution in [0, 0.1) is 11.8 Å². The molecule has 2 unspecified atom stereocenters. The van der Waals surface area contributed by atoms with Crippen LogP contribution in [0.15, 0.2) is 16.7 Å². The zero-order valence-electron chi connectivity index (χ0n) is 9.54. The molecule has 1 heterocycles. The van der Waals surface area contributed by atoms with Gasteiger partial charge in [-0.25, -0.2) is 4.98 Å². The highest BCUT2D eigenvalue weighted by Crippen LogP contribution is 2.31. The number of hydrogen-bond donors (Lipinski definition) is 2. The minimum Gasteiger partial charge on any atom is -0.397 e. The van der Waals surface area contributed by atoms with Crippen molar-refractivity contribution < 1.29 is 0 Å². The molecule has 1 aromatic rings. The number of rotatable bonds is 3. The molecule has 0 bridgehead atoms. The highest BCUT2D eigenvalue weighted by molar-refractivity contribution is 9.10. The van der Waals surface area contributed by atoms with Gasteiger partial charge in [-0.3, -0.25) is 0 Å². The molecule has 4 heteroatoms. The lowest BCUT2D eigenvalue weighted by atomic mass is 9.98. The third-order valence-corrected chi connectivity index (χ3v) is 4.04. The number of nitrogens with zero attached hydrogens (tertiary/aromatic N) is 1. The molecule has 1 saturated carbocycles. The van der Waals surface area contributed by atoms with Crippen molar-refractivity contribution in [3.05, 3.63) is 16.7 Å². The van der Waals surface area contributed by atoms with Gasteiger partial charge in [-0.2, -0.15) is 0 Å². The Balaban J connectivity index is 1.94. The van der Waals surface area contributed by atoms with Crippen LogP contribution in [0.3, 0.4) is 0 Å². The summed E-state index contributed by atoms with van der Waals surface area (Å²) in [5, 5.41) is 3.40. The summed E-state index contributed by atoms with van der Waals surface area (Å²) in [4.78, 5) is 4.28. The monoisotopic (exact) mass is 283 g/mol. The lowest BCUT2D eigenvalue weighted by molar-refractivity contribution is 0.439. The summed E-state index contributed by atoms with van der Waals surface area (Å²) in [5.41, 5.74) is 6.33. The van der Waals surface area contributed by atoms with Crippen LogP contribution in [0.25, 0.3) is 0 Å². The fraction of sp³-hybridized carbons (Fsp3) is 0.583. The summed E-state index contributed by atoms with van der Waals surface area (Å²) in [7, 11) is 0. The summed E-state index contributed by atoms with van der Waals surface area (Å²) in [6.45, 7) is 3.35. The van der Waals surface area contributed by atoms with Crippen LogP contribution >= 0.6 is 15.9 Å². The van der Waals surface area contributed by atoms with Crippen LogP contribution < -0.4 is 11.1 Å². The van der Waals surface area contributed by atoms with Crippen molar-refractivity contribution in [3.63, 3.8) is 0 Å². The first-order valence-corrected chi connectivity index (χ1v) is 6.61. The summed E-state index contributed by atoms with van der Waals surface area (Å²) >= 11 is 3.47. The summed E-state index contributed by atoms with van der Waals surface area (Å²) in [6, 6.07) is 1.88. The molecule has 3 nitrogen and oxygen atoms in total. The summed E-state index contributed by atoms with van der Waals surface area (Å²) in [5.74, 6) is 2.51. The number of halogens is 1. The van der Waals surface area contributed by atoms with E-state index < -0.39 is 0 Å². The Kier molecular flexibility index (Phi) is 3.69. The Morgan fingerprint density at radius 1 is 1.56 bits per heavy atom. The van der Waals surface area contributed by atoms with Crippen LogP contribution in [0.5, 0.6) is 0 Å². The van der Waals surface area contributed by atoms with Crippen LogP contribution in [-0.4, -0.2) is 11.5 Å². The maximum absolute atomic E-state index is 5.65. The van der Waals surface area contributed by atoms with Crippen molar-refractivity contribution in [1.29, 1.82) is 0 Å². The highest BCUT2D eigenvalue weighted by atomic mass is 79.9. The Morgan fingerprint density at radius 3 is 3.00 bits per heavy atom. The van der Waals surface area contributed by atoms with Crippen molar-refractivity contribution in [2.75, 3.05) is 17.6 Å². The minimum absolute atomic E-state index is 0.687. The first-order valence-electron chi connectivity index (χ1n) is 5.81. The molecule has 0 aliphatic heterocycles. The van der Waals surface area contributed by atoms with Gasteiger partial charge in [-0.1, -0.05) is 19.8 Å². The third kappa shape index (κ3) is 2.67. The van der Waals surface area contributed by atoms with Crippen molar-refractivity contribution in [2.24, 2.45) is 11.8 Å². The van der Waals surface area contributed by atoms with Gasteiger partial charge in [-0.05, 0) is 40.3 Å². The van der Waals surface area contributed by atoms with Gasteiger partial charge in [0.1, 0.15) is 5.82 Å². The molecular formula is C12H18BrN3. The van der Waals surface area contributed by atoms with Crippen molar-refractivity contribution in [1.82, 2.24) is 4.98 Å². The first-order chi connectivity index (χ1) is 7.66. The Morgan fingerprint density at radius 2 is 2.38 bits per heavy atom. The fourth-order valence-electron chi connectivity index (χ4n) is 2.34. The van der Waals surface area contributed by atoms with Gasteiger partial charge in [0.15, 0.2) is 0 Å². The van der Waals surface area contributed by atoms with Crippen LogP contribution in [0.4, 0.5) is 11.5 Å². The van der Waals surface area contributed by atoms with E-state index in [9.17, 15) is 0 Å². The summed E-state index contributed by atoms with van der Waals surface area (Å²) < 4.78 is 0.943. The first kappa shape index (κ1) is 11.7. The largest absolute Gasteiger partial charge is 0.397 e. The molecule has 2 atom stereocenters. The quantitative estimate of drug-likeness (QED) is 0.895. The predicted molar refractivity (Wildman–Crippen MR) is 71.3 cm³/mol. The van der Waals surface area contributed by atoms with E-state index in [1.165, 1.54) is 19.3 Å². The molecule has 0 spiro atoms. The van der Waals surface area contributed by atoms with E-state index in [0.29, 0.717) is 5.69 Å². The topological polar surface area (TPSA) is 50.9 Å². The van der Waals surface area contributed by atoms with Gasteiger partial charge >= 0.3 is 0 Å². The minimum atomic E-state index is 0.687. The molecule has 0 saturated heterocycles. The number of hydrogen-bond acceptors (Lipinski definition) is 3. The Bertz CT molecular complexity index is 367. The second kappa shape index (κ2) is 5.04. The molecule has 1 fully saturated rings. The number of anilines is 2. The zero-order chi connectivity index (χ0) is 11.5. The molecule has 0 radical (unpaired) electrons. The van der Waals surface area contributed by atoms with E-state index in [2.05, 4.69) is 33.2 Å². The molecular weight excluding hydrogens is 266 g/mol. The van der Waals surface area contributed by atoms with E-state index in [-0.39, 0.29) is 0 Å². The van der Waals surface area contributed by atoms with Gasteiger partial charge in [-0.15, -0.1) is 0 Å². The van der Waals surface area contributed by atoms with Gasteiger partial charge in [0.05, 0.1) is 16.4 Å². The Labute approximate surface area is 105 Å². The normalized spacial score (nSPS) is 24.6. The molecule has 1 aliphatic rings. The molecule has 1 aliphatic carbocycles. The average Bonchev–Trinajstić information content (AvgIpc) is 2.63.